The molecule has 2 aromatic heterocycles. The lowest BCUT2D eigenvalue weighted by Gasteiger charge is -2.19. The third kappa shape index (κ3) is 6.22. The highest BCUT2D eigenvalue weighted by atomic mass is 35.5. The van der Waals surface area contributed by atoms with Gasteiger partial charge in [-0.1, -0.05) is 11.6 Å². The summed E-state index contributed by atoms with van der Waals surface area (Å²) < 4.78 is 21.9. The number of carbonyl (C=O) groups excluding carboxylic acids is 1. The molecule has 0 saturated carbocycles. The van der Waals surface area contributed by atoms with Crippen LogP contribution >= 0.6 is 11.6 Å². The number of hydrogen-bond donors (Lipinski definition) is 2. The van der Waals surface area contributed by atoms with Crippen molar-refractivity contribution in [1.29, 1.82) is 0 Å². The van der Waals surface area contributed by atoms with Crippen molar-refractivity contribution in [2.45, 2.75) is 39.3 Å². The second kappa shape index (κ2) is 10.1. The maximum Gasteiger partial charge on any atom is 0.340 e. The van der Waals surface area contributed by atoms with Gasteiger partial charge in [0.05, 0.1) is 10.5 Å². The van der Waals surface area contributed by atoms with Crippen LogP contribution in [0.1, 0.15) is 37.6 Å². The molecule has 0 aliphatic rings. The molecule has 0 unspecified atom stereocenters. The van der Waals surface area contributed by atoms with Crippen LogP contribution in [0.5, 0.6) is 0 Å². The van der Waals surface area contributed by atoms with Gasteiger partial charge in [-0.25, -0.2) is 14.2 Å². The van der Waals surface area contributed by atoms with E-state index in [1.807, 2.05) is 0 Å². The van der Waals surface area contributed by atoms with Crippen LogP contribution in [0.15, 0.2) is 42.7 Å². The summed E-state index contributed by atoms with van der Waals surface area (Å²) in [4.78, 5) is 27.0. The van der Waals surface area contributed by atoms with Crippen LogP contribution in [-0.4, -0.2) is 32.6 Å². The molecule has 34 heavy (non-hydrogen) atoms. The summed E-state index contributed by atoms with van der Waals surface area (Å²) in [6.07, 6.45) is 3.93. The van der Waals surface area contributed by atoms with E-state index in [1.54, 1.807) is 43.8 Å². The minimum absolute atomic E-state index is 0.169. The molecule has 9 nitrogen and oxygen atoms in total. The summed E-state index contributed by atoms with van der Waals surface area (Å²) >= 11 is 5.88. The smallest absolute Gasteiger partial charge is 0.340 e. The maximum atomic E-state index is 14.6. The van der Waals surface area contributed by atoms with Crippen molar-refractivity contribution in [3.05, 3.63) is 69.2 Å². The van der Waals surface area contributed by atoms with Crippen LogP contribution in [-0.2, 0) is 11.3 Å². The lowest BCUT2D eigenvalue weighted by atomic mass is 10.0. The molecule has 0 aliphatic heterocycles. The van der Waals surface area contributed by atoms with E-state index in [0.29, 0.717) is 30.9 Å². The van der Waals surface area contributed by atoms with Crippen LogP contribution in [0.25, 0.3) is 11.1 Å². The molecule has 1 aromatic carbocycles. The Balaban J connectivity index is 1.75. The molecular weight excluding hydrogens is 465 g/mol. The van der Waals surface area contributed by atoms with Gasteiger partial charge in [-0.2, -0.15) is 0 Å². The number of aryl methyl sites for hydroxylation is 1. The fraction of sp³-hybridized carbons (Fsp3) is 0.304. The molecule has 3 rings (SSSR count). The molecule has 2 heterocycles. The number of halogens is 2. The molecule has 0 atom stereocenters. The Morgan fingerprint density at radius 1 is 1.26 bits per heavy atom. The highest BCUT2D eigenvalue weighted by molar-refractivity contribution is 6.30. The van der Waals surface area contributed by atoms with Gasteiger partial charge in [-0.3, -0.25) is 10.1 Å². The Morgan fingerprint density at radius 2 is 2.00 bits per heavy atom. The van der Waals surface area contributed by atoms with Crippen molar-refractivity contribution < 1.29 is 18.8 Å². The zero-order valence-corrected chi connectivity index (χ0v) is 19.7. The number of pyridine rings is 1. The number of anilines is 2. The Hall–Kier alpha value is -3.66. The minimum atomic E-state index is -0.710. The number of nitrogens with zero attached hydrogens (tertiary/aromatic N) is 3. The van der Waals surface area contributed by atoms with E-state index in [0.717, 1.165) is 0 Å². The predicted octanol–water partition coefficient (Wildman–Crippen LogP) is 5.29. The fourth-order valence-corrected chi connectivity index (χ4v) is 3.41. The van der Waals surface area contributed by atoms with Crippen molar-refractivity contribution >= 4 is 34.9 Å². The highest BCUT2D eigenvalue weighted by Gasteiger charge is 2.24. The van der Waals surface area contributed by atoms with E-state index >= 15 is 0 Å². The number of rotatable bonds is 8. The number of hydrogen-bond acceptors (Lipinski definition) is 7. The highest BCUT2D eigenvalue weighted by Crippen LogP contribution is 2.31. The van der Waals surface area contributed by atoms with E-state index in [-0.39, 0.29) is 27.7 Å². The quantitative estimate of drug-likeness (QED) is 0.190. The average molecular weight is 490 g/mol. The van der Waals surface area contributed by atoms with E-state index in [4.69, 9.17) is 22.1 Å². The van der Waals surface area contributed by atoms with Gasteiger partial charge in [-0.05, 0) is 51.5 Å². The zero-order chi connectivity index (χ0) is 25.0. The van der Waals surface area contributed by atoms with Gasteiger partial charge in [-0.15, -0.1) is 0 Å². The van der Waals surface area contributed by atoms with E-state index in [1.165, 1.54) is 24.3 Å². The summed E-state index contributed by atoms with van der Waals surface area (Å²) in [7, 11) is 0. The summed E-state index contributed by atoms with van der Waals surface area (Å²) in [5, 5.41) is 14.2. The van der Waals surface area contributed by atoms with Crippen molar-refractivity contribution in [2.24, 2.45) is 0 Å². The molecule has 3 aromatic rings. The molecule has 0 fully saturated rings. The lowest BCUT2D eigenvalue weighted by Crippen LogP contribution is -2.24. The summed E-state index contributed by atoms with van der Waals surface area (Å²) in [5.74, 6) is -0.858. The number of nitro groups is 1. The van der Waals surface area contributed by atoms with Gasteiger partial charge in [0.1, 0.15) is 17.2 Å². The van der Waals surface area contributed by atoms with Crippen molar-refractivity contribution in [1.82, 2.24) is 9.55 Å². The first-order chi connectivity index (χ1) is 15.9. The van der Waals surface area contributed by atoms with Gasteiger partial charge < -0.3 is 20.4 Å². The number of nitrogens with one attached hydrogen (secondary N) is 1. The molecule has 0 saturated heterocycles. The molecular formula is C23H25ClFN5O4. The topological polar surface area (TPSA) is 125 Å². The number of ether oxygens (including phenoxy) is 1. The fourth-order valence-electron chi connectivity index (χ4n) is 3.25. The summed E-state index contributed by atoms with van der Waals surface area (Å²) in [6.45, 7) is 6.26. The number of nitrogen functional groups attached to an aromatic ring is 1. The van der Waals surface area contributed by atoms with Crippen molar-refractivity contribution in [3.8, 4) is 11.1 Å². The predicted molar refractivity (Wildman–Crippen MR) is 128 cm³/mol. The van der Waals surface area contributed by atoms with Crippen LogP contribution in [0.3, 0.4) is 0 Å². The van der Waals surface area contributed by atoms with Crippen LogP contribution in [0.2, 0.25) is 5.02 Å². The Morgan fingerprint density at radius 3 is 2.62 bits per heavy atom. The Bertz CT molecular complexity index is 1220. The van der Waals surface area contributed by atoms with Crippen molar-refractivity contribution in [2.75, 3.05) is 17.6 Å². The van der Waals surface area contributed by atoms with Crippen LogP contribution < -0.4 is 11.1 Å². The third-order valence-corrected chi connectivity index (χ3v) is 4.95. The molecule has 3 N–H and O–H groups in total. The Kier molecular flexibility index (Phi) is 7.41. The maximum absolute atomic E-state index is 14.6. The number of aromatic nitrogens is 2. The molecule has 0 spiro atoms. The van der Waals surface area contributed by atoms with Gasteiger partial charge in [0.15, 0.2) is 0 Å². The van der Waals surface area contributed by atoms with Crippen LogP contribution in [0, 0.1) is 15.9 Å². The minimum Gasteiger partial charge on any atom is -0.456 e. The number of benzene rings is 1. The number of nitrogens with two attached hydrogens (primary N) is 1. The summed E-state index contributed by atoms with van der Waals surface area (Å²) in [5.41, 5.74) is 5.53. The Labute approximate surface area is 200 Å². The molecule has 180 valence electrons. The number of esters is 1. The molecule has 11 heteroatoms. The SMILES string of the molecule is CC(C)(C)OC(=O)c1cn(CCCNc2ccc([N+](=O)[O-])c(N)n2)cc1-c1ccc(Cl)cc1F. The normalized spacial score (nSPS) is 11.3. The second-order valence-corrected chi connectivity index (χ2v) is 9.02. The first-order valence-corrected chi connectivity index (χ1v) is 10.9. The van der Waals surface area contributed by atoms with E-state index in [9.17, 15) is 19.3 Å². The number of carbonyl (C=O) groups is 1. The van der Waals surface area contributed by atoms with E-state index in [2.05, 4.69) is 10.3 Å². The van der Waals surface area contributed by atoms with Gasteiger partial charge in [0.25, 0.3) is 0 Å². The third-order valence-electron chi connectivity index (χ3n) is 4.72. The van der Waals surface area contributed by atoms with Crippen molar-refractivity contribution in [3.63, 3.8) is 0 Å². The average Bonchev–Trinajstić information content (AvgIpc) is 3.14. The lowest BCUT2D eigenvalue weighted by molar-refractivity contribution is -0.384. The second-order valence-electron chi connectivity index (χ2n) is 8.59. The first-order valence-electron chi connectivity index (χ1n) is 10.5. The van der Waals surface area contributed by atoms with Gasteiger partial charge >= 0.3 is 11.7 Å². The first kappa shape index (κ1) is 25.0. The zero-order valence-electron chi connectivity index (χ0n) is 19.0. The molecule has 0 bridgehead atoms. The van der Waals surface area contributed by atoms with E-state index < -0.39 is 22.3 Å². The monoisotopic (exact) mass is 489 g/mol. The standard InChI is InChI=1S/C23H25ClFN5O4/c1-23(2,3)34-22(31)17-13-29(12-16(17)15-6-5-14(24)11-18(15)25)10-4-9-27-20-8-7-19(30(32)33)21(26)28-20/h5-8,11-13H,4,9-10H2,1-3H3,(H3,26,27,28). The molecule has 0 radical (unpaired) electrons. The van der Waals surface area contributed by atoms with Gasteiger partial charge in [0, 0.05) is 47.7 Å². The molecule has 0 amide bonds. The summed E-state index contributed by atoms with van der Waals surface area (Å²) in [6, 6.07) is 7.04. The molecule has 0 aliphatic carbocycles. The largest absolute Gasteiger partial charge is 0.456 e. The van der Waals surface area contributed by atoms with Gasteiger partial charge in [0.2, 0.25) is 5.82 Å². The van der Waals surface area contributed by atoms with Crippen LogP contribution in [0.4, 0.5) is 21.7 Å².